The molecule has 1 aliphatic rings. The molecule has 0 saturated carbocycles. The van der Waals surface area contributed by atoms with Crippen LogP contribution in [0.2, 0.25) is 10.0 Å². The van der Waals surface area contributed by atoms with Crippen LogP contribution in [-0.2, 0) is 0 Å². The molecule has 1 aromatic heterocycles. The number of hydrogen-bond acceptors (Lipinski definition) is 4. The Balaban J connectivity index is 1.99. The molecule has 1 aliphatic heterocycles. The highest BCUT2D eigenvalue weighted by atomic mass is 35.5. The van der Waals surface area contributed by atoms with Gasteiger partial charge in [0.1, 0.15) is 0 Å². The van der Waals surface area contributed by atoms with Gasteiger partial charge in [-0.3, -0.25) is 4.79 Å². The molecule has 0 saturated heterocycles. The zero-order valence-corrected chi connectivity index (χ0v) is 14.7. The number of fused-ring (bicyclic) bond motifs is 1. The molecule has 2 heterocycles. The number of ether oxygens (including phenoxy) is 1. The molecule has 3 rings (SSSR count). The third-order valence-corrected chi connectivity index (χ3v) is 4.93. The molecule has 0 N–H and O–H groups in total. The number of benzene rings is 1. The van der Waals surface area contributed by atoms with E-state index in [2.05, 4.69) is 4.98 Å². The van der Waals surface area contributed by atoms with Crippen molar-refractivity contribution in [1.29, 1.82) is 0 Å². The van der Waals surface area contributed by atoms with Crippen molar-refractivity contribution in [3.8, 4) is 5.88 Å². The molecule has 7 heteroatoms. The molecule has 4 nitrogen and oxygen atoms in total. The van der Waals surface area contributed by atoms with Crippen LogP contribution < -0.4 is 9.64 Å². The van der Waals surface area contributed by atoms with E-state index >= 15 is 0 Å². The van der Waals surface area contributed by atoms with E-state index in [4.69, 9.17) is 27.9 Å². The lowest BCUT2D eigenvalue weighted by atomic mass is 10.2. The van der Waals surface area contributed by atoms with E-state index in [1.54, 1.807) is 34.9 Å². The Labute approximate surface area is 148 Å². The molecular formula is C16H14Cl2N2O2S. The summed E-state index contributed by atoms with van der Waals surface area (Å²) in [4.78, 5) is 19.9. The summed E-state index contributed by atoms with van der Waals surface area (Å²) >= 11 is 14.0. The Morgan fingerprint density at radius 3 is 2.96 bits per heavy atom. The van der Waals surface area contributed by atoms with Gasteiger partial charge >= 0.3 is 0 Å². The van der Waals surface area contributed by atoms with Crippen LogP contribution in [0.1, 0.15) is 17.4 Å². The first kappa shape index (κ1) is 16.4. The van der Waals surface area contributed by atoms with Crippen molar-refractivity contribution < 1.29 is 9.53 Å². The van der Waals surface area contributed by atoms with Crippen molar-refractivity contribution in [3.05, 3.63) is 46.1 Å². The van der Waals surface area contributed by atoms with E-state index in [0.29, 0.717) is 29.1 Å². The van der Waals surface area contributed by atoms with Crippen molar-refractivity contribution in [1.82, 2.24) is 4.98 Å². The molecule has 0 aliphatic carbocycles. The molecule has 0 bridgehead atoms. The minimum absolute atomic E-state index is 0.190. The topological polar surface area (TPSA) is 42.4 Å². The Hall–Kier alpha value is -1.43. The molecule has 23 heavy (non-hydrogen) atoms. The highest BCUT2D eigenvalue weighted by Crippen LogP contribution is 2.37. The summed E-state index contributed by atoms with van der Waals surface area (Å²) in [5, 5.41) is 0.895. The van der Waals surface area contributed by atoms with Gasteiger partial charge in [0.05, 0.1) is 17.3 Å². The first-order valence-corrected chi connectivity index (χ1v) is 8.88. The monoisotopic (exact) mass is 368 g/mol. The van der Waals surface area contributed by atoms with Crippen molar-refractivity contribution in [3.63, 3.8) is 0 Å². The van der Waals surface area contributed by atoms with Gasteiger partial charge in [-0.2, -0.15) is 0 Å². The second kappa shape index (κ2) is 6.99. The summed E-state index contributed by atoms with van der Waals surface area (Å²) in [6, 6.07) is 8.82. The van der Waals surface area contributed by atoms with Crippen molar-refractivity contribution in [2.75, 3.05) is 23.8 Å². The lowest BCUT2D eigenvalue weighted by molar-refractivity contribution is 0.0982. The van der Waals surface area contributed by atoms with Crippen LogP contribution in [0.5, 0.6) is 5.88 Å². The van der Waals surface area contributed by atoms with Gasteiger partial charge in [-0.05, 0) is 31.2 Å². The fraction of sp³-hybridized carbons (Fsp3) is 0.250. The first-order chi connectivity index (χ1) is 11.1. The molecule has 0 spiro atoms. The van der Waals surface area contributed by atoms with Crippen LogP contribution in [0.25, 0.3) is 0 Å². The summed E-state index contributed by atoms with van der Waals surface area (Å²) in [5.74, 6) is 0.946. The van der Waals surface area contributed by atoms with E-state index in [1.807, 2.05) is 19.1 Å². The summed E-state index contributed by atoms with van der Waals surface area (Å²) in [6.45, 7) is 2.91. The number of halogens is 2. The third-order valence-electron chi connectivity index (χ3n) is 3.34. The van der Waals surface area contributed by atoms with E-state index in [0.717, 1.165) is 16.3 Å². The fourth-order valence-electron chi connectivity index (χ4n) is 2.33. The van der Waals surface area contributed by atoms with E-state index in [1.165, 1.54) is 0 Å². The number of carbonyl (C=O) groups excluding carboxylic acids is 1. The van der Waals surface area contributed by atoms with Crippen LogP contribution in [0.3, 0.4) is 0 Å². The summed E-state index contributed by atoms with van der Waals surface area (Å²) in [6.07, 6.45) is 0. The largest absolute Gasteiger partial charge is 0.478 e. The maximum atomic E-state index is 12.9. The standard InChI is InChI=1S/C16H14Cl2N2O2S/c1-2-22-14-6-4-11(18)15(19-14)16(21)20-7-8-23-13-5-3-10(17)9-12(13)20/h3-6,9H,2,7-8H2,1H3. The van der Waals surface area contributed by atoms with Gasteiger partial charge < -0.3 is 9.64 Å². The number of nitrogens with zero attached hydrogens (tertiary/aromatic N) is 2. The molecule has 0 atom stereocenters. The van der Waals surface area contributed by atoms with Crippen LogP contribution in [0, 0.1) is 0 Å². The van der Waals surface area contributed by atoms with Gasteiger partial charge in [-0.1, -0.05) is 23.2 Å². The van der Waals surface area contributed by atoms with Gasteiger partial charge in [0.2, 0.25) is 5.88 Å². The van der Waals surface area contributed by atoms with Gasteiger partial charge in [-0.15, -0.1) is 11.8 Å². The first-order valence-electron chi connectivity index (χ1n) is 7.13. The Morgan fingerprint density at radius 1 is 1.35 bits per heavy atom. The predicted octanol–water partition coefficient (Wildman–Crippen LogP) is 4.54. The number of thioether (sulfide) groups is 1. The molecule has 1 amide bonds. The SMILES string of the molecule is CCOc1ccc(Cl)c(C(=O)N2CCSc3ccc(Cl)cc32)n1. The zero-order valence-electron chi connectivity index (χ0n) is 12.4. The highest BCUT2D eigenvalue weighted by molar-refractivity contribution is 7.99. The van der Waals surface area contributed by atoms with E-state index < -0.39 is 0 Å². The van der Waals surface area contributed by atoms with Crippen molar-refractivity contribution >= 4 is 46.6 Å². The molecular weight excluding hydrogens is 355 g/mol. The van der Waals surface area contributed by atoms with Gasteiger partial charge in [-0.25, -0.2) is 4.98 Å². The lowest BCUT2D eigenvalue weighted by Crippen LogP contribution is -2.36. The molecule has 0 fully saturated rings. The van der Waals surface area contributed by atoms with Gasteiger partial charge in [0.15, 0.2) is 5.69 Å². The van der Waals surface area contributed by atoms with Crippen LogP contribution in [-0.4, -0.2) is 29.8 Å². The summed E-state index contributed by atoms with van der Waals surface area (Å²) in [5.41, 5.74) is 0.980. The van der Waals surface area contributed by atoms with E-state index in [9.17, 15) is 4.79 Å². The average molecular weight is 369 g/mol. The van der Waals surface area contributed by atoms with Crippen molar-refractivity contribution in [2.24, 2.45) is 0 Å². The maximum absolute atomic E-state index is 12.9. The number of anilines is 1. The molecule has 0 radical (unpaired) electrons. The maximum Gasteiger partial charge on any atom is 0.278 e. The molecule has 120 valence electrons. The highest BCUT2D eigenvalue weighted by Gasteiger charge is 2.27. The summed E-state index contributed by atoms with van der Waals surface area (Å²) in [7, 11) is 0. The minimum atomic E-state index is -0.250. The average Bonchev–Trinajstić information content (AvgIpc) is 2.55. The van der Waals surface area contributed by atoms with Crippen molar-refractivity contribution in [2.45, 2.75) is 11.8 Å². The zero-order chi connectivity index (χ0) is 16.4. The quantitative estimate of drug-likeness (QED) is 0.797. The summed E-state index contributed by atoms with van der Waals surface area (Å²) < 4.78 is 5.36. The second-order valence-corrected chi connectivity index (χ2v) is 6.81. The number of amides is 1. The smallest absolute Gasteiger partial charge is 0.278 e. The van der Waals surface area contributed by atoms with E-state index in [-0.39, 0.29) is 11.6 Å². The normalized spacial score (nSPS) is 13.6. The molecule has 1 aromatic carbocycles. The fourth-order valence-corrected chi connectivity index (χ4v) is 3.66. The predicted molar refractivity (Wildman–Crippen MR) is 94.3 cm³/mol. The third kappa shape index (κ3) is 3.42. The van der Waals surface area contributed by atoms with Crippen LogP contribution in [0.4, 0.5) is 5.69 Å². The second-order valence-electron chi connectivity index (χ2n) is 4.83. The van der Waals surface area contributed by atoms with Crippen LogP contribution in [0.15, 0.2) is 35.2 Å². The number of rotatable bonds is 3. The number of aromatic nitrogens is 1. The molecule has 2 aromatic rings. The van der Waals surface area contributed by atoms with Gasteiger partial charge in [0, 0.05) is 28.3 Å². The van der Waals surface area contributed by atoms with Gasteiger partial charge in [0.25, 0.3) is 5.91 Å². The number of hydrogen-bond donors (Lipinski definition) is 0. The molecule has 0 unspecified atom stereocenters. The van der Waals surface area contributed by atoms with Crippen LogP contribution >= 0.6 is 35.0 Å². The Bertz CT molecular complexity index is 755. The lowest BCUT2D eigenvalue weighted by Gasteiger charge is -2.29. The number of carbonyl (C=O) groups is 1. The minimum Gasteiger partial charge on any atom is -0.478 e. The Morgan fingerprint density at radius 2 is 2.17 bits per heavy atom. The Kier molecular flexibility index (Phi) is 4.99. The number of pyridine rings is 1.